The Labute approximate surface area is 121 Å². The van der Waals surface area contributed by atoms with Crippen molar-refractivity contribution < 1.29 is 0 Å². The molecule has 0 spiro atoms. The van der Waals surface area contributed by atoms with Gasteiger partial charge in [0.05, 0.1) is 0 Å². The summed E-state index contributed by atoms with van der Waals surface area (Å²) in [4.78, 5) is 1.33. The monoisotopic (exact) mass is 285 g/mol. The maximum absolute atomic E-state index is 6.30. The van der Waals surface area contributed by atoms with Gasteiger partial charge < -0.3 is 5.32 Å². The van der Waals surface area contributed by atoms with Crippen LogP contribution in [0.1, 0.15) is 45.6 Å². The zero-order chi connectivity index (χ0) is 13.4. The van der Waals surface area contributed by atoms with E-state index in [2.05, 4.69) is 32.2 Å². The van der Waals surface area contributed by atoms with Crippen molar-refractivity contribution in [2.75, 3.05) is 5.75 Å². The van der Waals surface area contributed by atoms with Crippen LogP contribution in [0.15, 0.2) is 23.1 Å². The lowest BCUT2D eigenvalue weighted by molar-refractivity contribution is 0.585. The molecule has 0 aromatic heterocycles. The summed E-state index contributed by atoms with van der Waals surface area (Å²) in [6.45, 7) is 7.41. The molecule has 1 aromatic rings. The first kappa shape index (κ1) is 15.9. The minimum atomic E-state index is 0.485. The predicted octanol–water partition coefficient (Wildman–Crippen LogP) is 5.12. The average Bonchev–Trinajstić information content (AvgIpc) is 2.33. The molecule has 0 saturated heterocycles. The van der Waals surface area contributed by atoms with Gasteiger partial charge in [-0.15, -0.1) is 11.8 Å². The number of hydrogen-bond acceptors (Lipinski definition) is 2. The standard InChI is InChI=1S/C15H24ClNS/c1-4-5-6-10-18-15-9-7-8-14(16)13(15)11-17-12(2)3/h7-9,12,17H,4-6,10-11H2,1-3H3. The molecule has 0 aliphatic carbocycles. The van der Waals surface area contributed by atoms with Gasteiger partial charge in [0, 0.05) is 22.5 Å². The fourth-order valence-electron chi connectivity index (χ4n) is 1.69. The lowest BCUT2D eigenvalue weighted by Crippen LogP contribution is -2.22. The first-order valence-corrected chi connectivity index (χ1v) is 8.15. The summed E-state index contributed by atoms with van der Waals surface area (Å²) in [7, 11) is 0. The van der Waals surface area contributed by atoms with E-state index in [4.69, 9.17) is 11.6 Å². The Bertz CT molecular complexity index is 352. The van der Waals surface area contributed by atoms with Crippen molar-refractivity contribution in [3.05, 3.63) is 28.8 Å². The van der Waals surface area contributed by atoms with Crippen LogP contribution in [0.5, 0.6) is 0 Å². The van der Waals surface area contributed by atoms with Crippen molar-refractivity contribution in [3.8, 4) is 0 Å². The SMILES string of the molecule is CCCCCSc1cccc(Cl)c1CNC(C)C. The van der Waals surface area contributed by atoms with Gasteiger partial charge >= 0.3 is 0 Å². The maximum atomic E-state index is 6.30. The van der Waals surface area contributed by atoms with Crippen LogP contribution in [0.2, 0.25) is 5.02 Å². The Morgan fingerprint density at radius 3 is 2.72 bits per heavy atom. The molecular formula is C15H24ClNS. The lowest BCUT2D eigenvalue weighted by Gasteiger charge is -2.14. The third-order valence-corrected chi connectivity index (χ3v) is 4.31. The second-order valence-corrected chi connectivity index (χ2v) is 6.35. The van der Waals surface area contributed by atoms with Crippen LogP contribution in [-0.4, -0.2) is 11.8 Å². The van der Waals surface area contributed by atoms with Crippen LogP contribution in [-0.2, 0) is 6.54 Å². The number of benzene rings is 1. The van der Waals surface area contributed by atoms with Gasteiger partial charge in [0.25, 0.3) is 0 Å². The largest absolute Gasteiger partial charge is 0.310 e. The van der Waals surface area contributed by atoms with Crippen LogP contribution in [0.25, 0.3) is 0 Å². The van der Waals surface area contributed by atoms with E-state index in [1.165, 1.54) is 35.5 Å². The fraction of sp³-hybridized carbons (Fsp3) is 0.600. The van der Waals surface area contributed by atoms with Crippen molar-refractivity contribution in [2.24, 2.45) is 0 Å². The molecule has 0 amide bonds. The van der Waals surface area contributed by atoms with Crippen LogP contribution in [0, 0.1) is 0 Å². The topological polar surface area (TPSA) is 12.0 Å². The molecule has 1 aromatic carbocycles. The van der Waals surface area contributed by atoms with Crippen molar-refractivity contribution in [1.82, 2.24) is 5.32 Å². The molecule has 1 N–H and O–H groups in total. The normalized spacial score (nSPS) is 11.2. The number of hydrogen-bond donors (Lipinski definition) is 1. The highest BCUT2D eigenvalue weighted by Crippen LogP contribution is 2.29. The highest BCUT2D eigenvalue weighted by molar-refractivity contribution is 7.99. The third-order valence-electron chi connectivity index (χ3n) is 2.77. The van der Waals surface area contributed by atoms with E-state index in [-0.39, 0.29) is 0 Å². The van der Waals surface area contributed by atoms with E-state index in [1.54, 1.807) is 0 Å². The van der Waals surface area contributed by atoms with Crippen molar-refractivity contribution >= 4 is 23.4 Å². The first-order valence-electron chi connectivity index (χ1n) is 6.78. The van der Waals surface area contributed by atoms with Crippen LogP contribution < -0.4 is 5.32 Å². The van der Waals surface area contributed by atoms with Gasteiger partial charge in [-0.2, -0.15) is 0 Å². The highest BCUT2D eigenvalue weighted by atomic mass is 35.5. The van der Waals surface area contributed by atoms with Gasteiger partial charge in [0.15, 0.2) is 0 Å². The molecule has 102 valence electrons. The molecule has 0 unspecified atom stereocenters. The molecule has 1 nitrogen and oxygen atoms in total. The molecule has 0 radical (unpaired) electrons. The molecule has 0 aliphatic rings. The van der Waals surface area contributed by atoms with Crippen LogP contribution in [0.3, 0.4) is 0 Å². The summed E-state index contributed by atoms with van der Waals surface area (Å²) in [6.07, 6.45) is 3.87. The summed E-state index contributed by atoms with van der Waals surface area (Å²) >= 11 is 8.23. The zero-order valence-electron chi connectivity index (χ0n) is 11.6. The second-order valence-electron chi connectivity index (χ2n) is 4.81. The average molecular weight is 286 g/mol. The van der Waals surface area contributed by atoms with E-state index >= 15 is 0 Å². The maximum Gasteiger partial charge on any atom is 0.0462 e. The molecule has 0 fully saturated rings. The van der Waals surface area contributed by atoms with Crippen molar-refractivity contribution in [2.45, 2.75) is 57.5 Å². The van der Waals surface area contributed by atoms with E-state index in [1.807, 2.05) is 23.9 Å². The third kappa shape index (κ3) is 5.64. The van der Waals surface area contributed by atoms with Gasteiger partial charge in [-0.1, -0.05) is 51.3 Å². The van der Waals surface area contributed by atoms with Gasteiger partial charge in [-0.3, -0.25) is 0 Å². The molecule has 0 heterocycles. The summed E-state index contributed by atoms with van der Waals surface area (Å²) in [6, 6.07) is 6.69. The van der Waals surface area contributed by atoms with Gasteiger partial charge in [-0.25, -0.2) is 0 Å². The predicted molar refractivity (Wildman–Crippen MR) is 83.7 cm³/mol. The molecule has 0 bridgehead atoms. The summed E-state index contributed by atoms with van der Waals surface area (Å²) in [5.74, 6) is 1.18. The number of rotatable bonds is 8. The van der Waals surface area contributed by atoms with Crippen molar-refractivity contribution in [3.63, 3.8) is 0 Å². The Balaban J connectivity index is 2.61. The summed E-state index contributed by atoms with van der Waals surface area (Å²) in [5.41, 5.74) is 1.24. The lowest BCUT2D eigenvalue weighted by atomic mass is 10.2. The van der Waals surface area contributed by atoms with E-state index in [9.17, 15) is 0 Å². The highest BCUT2D eigenvalue weighted by Gasteiger charge is 2.07. The number of halogens is 1. The smallest absolute Gasteiger partial charge is 0.0462 e. The van der Waals surface area contributed by atoms with Gasteiger partial charge in [0.1, 0.15) is 0 Å². The zero-order valence-corrected chi connectivity index (χ0v) is 13.2. The first-order chi connectivity index (χ1) is 8.65. The minimum Gasteiger partial charge on any atom is -0.310 e. The Kier molecular flexibility index (Phi) is 7.80. The van der Waals surface area contributed by atoms with Crippen molar-refractivity contribution in [1.29, 1.82) is 0 Å². The Morgan fingerprint density at radius 1 is 1.28 bits per heavy atom. The molecule has 18 heavy (non-hydrogen) atoms. The summed E-state index contributed by atoms with van der Waals surface area (Å²) < 4.78 is 0. The summed E-state index contributed by atoms with van der Waals surface area (Å²) in [5, 5.41) is 4.33. The molecular weight excluding hydrogens is 262 g/mol. The van der Waals surface area contributed by atoms with Gasteiger partial charge in [-0.05, 0) is 29.9 Å². The van der Waals surface area contributed by atoms with E-state index < -0.39 is 0 Å². The molecule has 0 aliphatic heterocycles. The molecule has 3 heteroatoms. The number of unbranched alkanes of at least 4 members (excludes halogenated alkanes) is 2. The van der Waals surface area contributed by atoms with E-state index in [0.717, 1.165) is 11.6 Å². The Morgan fingerprint density at radius 2 is 2.06 bits per heavy atom. The number of nitrogens with one attached hydrogen (secondary N) is 1. The molecule has 1 rings (SSSR count). The number of thioether (sulfide) groups is 1. The fourth-order valence-corrected chi connectivity index (χ4v) is 3.08. The van der Waals surface area contributed by atoms with Gasteiger partial charge in [0.2, 0.25) is 0 Å². The molecule has 0 atom stereocenters. The second kappa shape index (κ2) is 8.84. The quantitative estimate of drug-likeness (QED) is 0.525. The minimum absolute atomic E-state index is 0.485. The Hall–Kier alpha value is -0.180. The van der Waals surface area contributed by atoms with Crippen LogP contribution >= 0.6 is 23.4 Å². The molecule has 0 saturated carbocycles. The van der Waals surface area contributed by atoms with Crippen LogP contribution in [0.4, 0.5) is 0 Å². The van der Waals surface area contributed by atoms with E-state index in [0.29, 0.717) is 6.04 Å².